The number of nitrogens with zero attached hydrogens (tertiary/aromatic N) is 3. The van der Waals surface area contributed by atoms with Gasteiger partial charge in [-0.15, -0.1) is 0 Å². The lowest BCUT2D eigenvalue weighted by Crippen LogP contribution is -2.37. The third-order valence-corrected chi connectivity index (χ3v) is 6.80. The Bertz CT molecular complexity index is 540. The smallest absolute Gasteiger partial charge is 0.247 e. The minimum Gasteiger partial charge on any atom is -0.260 e. The summed E-state index contributed by atoms with van der Waals surface area (Å²) in [6.45, 7) is 4.75. The van der Waals surface area contributed by atoms with Crippen LogP contribution in [0.25, 0.3) is 0 Å². The van der Waals surface area contributed by atoms with Crippen LogP contribution in [0.1, 0.15) is 26.7 Å². The predicted octanol–water partition coefficient (Wildman–Crippen LogP) is 1.99. The topological polar surface area (TPSA) is 55.2 Å². The van der Waals surface area contributed by atoms with Gasteiger partial charge in [-0.25, -0.2) is 8.42 Å². The fourth-order valence-corrected chi connectivity index (χ4v) is 5.22. The van der Waals surface area contributed by atoms with Crippen LogP contribution < -0.4 is 0 Å². The Hall–Kier alpha value is -0.400. The van der Waals surface area contributed by atoms with Crippen molar-refractivity contribution in [2.45, 2.75) is 37.6 Å². The minimum absolute atomic E-state index is 0.0992. The molecule has 0 N–H and O–H groups in total. The van der Waals surface area contributed by atoms with E-state index in [9.17, 15) is 8.42 Å². The maximum atomic E-state index is 12.6. The van der Waals surface area contributed by atoms with Gasteiger partial charge in [0.1, 0.15) is 9.50 Å². The van der Waals surface area contributed by atoms with E-state index in [0.29, 0.717) is 17.1 Å². The summed E-state index contributed by atoms with van der Waals surface area (Å²) in [7, 11) is -1.72. The summed E-state index contributed by atoms with van der Waals surface area (Å²) >= 11 is 3.28. The van der Waals surface area contributed by atoms with Crippen molar-refractivity contribution in [3.63, 3.8) is 0 Å². The fraction of sp³-hybridized carbons (Fsp3) is 0.727. The molecule has 2 heterocycles. The maximum absolute atomic E-state index is 12.6. The van der Waals surface area contributed by atoms with Crippen molar-refractivity contribution in [1.29, 1.82) is 0 Å². The molecule has 1 fully saturated rings. The van der Waals surface area contributed by atoms with Crippen LogP contribution in [0.4, 0.5) is 0 Å². The average Bonchev–Trinajstić information content (AvgIpc) is 2.84. The van der Waals surface area contributed by atoms with Crippen molar-refractivity contribution in [3.8, 4) is 0 Å². The quantitative estimate of drug-likeness (QED) is 0.848. The van der Waals surface area contributed by atoms with Crippen LogP contribution in [0.2, 0.25) is 0 Å². The summed E-state index contributed by atoms with van der Waals surface area (Å²) < 4.78 is 28.9. The number of hydrogen-bond acceptors (Lipinski definition) is 3. The van der Waals surface area contributed by atoms with Gasteiger partial charge in [-0.1, -0.05) is 13.8 Å². The van der Waals surface area contributed by atoms with Gasteiger partial charge in [0.05, 0.1) is 6.20 Å². The third-order valence-electron chi connectivity index (χ3n) is 3.67. The molecule has 2 atom stereocenters. The second-order valence-corrected chi connectivity index (χ2v) is 7.39. The Kier molecular flexibility index (Phi) is 3.85. The molecule has 0 aromatic carbocycles. The Morgan fingerprint density at radius 3 is 2.72 bits per heavy atom. The molecule has 7 heteroatoms. The molecule has 0 saturated carbocycles. The van der Waals surface area contributed by atoms with Gasteiger partial charge >= 0.3 is 0 Å². The first-order valence-corrected chi connectivity index (χ1v) is 8.32. The lowest BCUT2D eigenvalue weighted by molar-refractivity contribution is 0.339. The van der Waals surface area contributed by atoms with Crippen molar-refractivity contribution < 1.29 is 8.42 Å². The predicted molar refractivity (Wildman–Crippen MR) is 72.7 cm³/mol. The zero-order valence-electron chi connectivity index (χ0n) is 10.8. The first-order chi connectivity index (χ1) is 8.39. The van der Waals surface area contributed by atoms with E-state index >= 15 is 0 Å². The summed E-state index contributed by atoms with van der Waals surface area (Å²) in [5.41, 5.74) is 0. The van der Waals surface area contributed by atoms with E-state index < -0.39 is 10.0 Å². The van der Waals surface area contributed by atoms with E-state index in [1.807, 2.05) is 6.92 Å². The number of aryl methyl sites for hydroxylation is 1. The van der Waals surface area contributed by atoms with Crippen LogP contribution in [0.15, 0.2) is 15.7 Å². The van der Waals surface area contributed by atoms with Crippen LogP contribution in [0.5, 0.6) is 0 Å². The largest absolute Gasteiger partial charge is 0.260 e. The van der Waals surface area contributed by atoms with Crippen molar-refractivity contribution in [1.82, 2.24) is 14.1 Å². The second-order valence-electron chi connectivity index (χ2n) is 4.78. The maximum Gasteiger partial charge on any atom is 0.247 e. The van der Waals surface area contributed by atoms with E-state index in [0.717, 1.165) is 12.8 Å². The molecule has 0 aliphatic carbocycles. The molecule has 0 spiro atoms. The van der Waals surface area contributed by atoms with Crippen molar-refractivity contribution in [3.05, 3.63) is 10.8 Å². The van der Waals surface area contributed by atoms with E-state index in [1.165, 1.54) is 10.9 Å². The Morgan fingerprint density at radius 1 is 1.56 bits per heavy atom. The molecule has 18 heavy (non-hydrogen) atoms. The molecule has 0 amide bonds. The van der Waals surface area contributed by atoms with Crippen LogP contribution >= 0.6 is 15.9 Å². The minimum atomic E-state index is -3.44. The van der Waals surface area contributed by atoms with Crippen molar-refractivity contribution >= 4 is 26.0 Å². The average molecular weight is 336 g/mol. The van der Waals surface area contributed by atoms with Gasteiger partial charge in [0.2, 0.25) is 10.0 Å². The number of aromatic nitrogens is 2. The molecule has 5 nitrogen and oxygen atoms in total. The molecule has 1 aromatic rings. The molecule has 1 saturated heterocycles. The SMILES string of the molecule is CCC1C(C)CCN1S(=O)(=O)c1cnn(C)c1Br. The van der Waals surface area contributed by atoms with Gasteiger partial charge in [-0.3, -0.25) is 4.68 Å². The highest BCUT2D eigenvalue weighted by atomic mass is 79.9. The van der Waals surface area contributed by atoms with E-state index in [-0.39, 0.29) is 10.9 Å². The molecule has 2 rings (SSSR count). The number of halogens is 1. The number of sulfonamides is 1. The highest BCUT2D eigenvalue weighted by Gasteiger charge is 2.39. The van der Waals surface area contributed by atoms with Crippen LogP contribution in [-0.4, -0.2) is 35.1 Å². The van der Waals surface area contributed by atoms with Crippen LogP contribution in [-0.2, 0) is 17.1 Å². The Morgan fingerprint density at radius 2 is 2.22 bits per heavy atom. The van der Waals surface area contributed by atoms with Gasteiger partial charge < -0.3 is 0 Å². The molecule has 1 aliphatic rings. The summed E-state index contributed by atoms with van der Waals surface area (Å²) in [6, 6.07) is 0.0992. The van der Waals surface area contributed by atoms with Gasteiger partial charge in [0.15, 0.2) is 0 Å². The summed E-state index contributed by atoms with van der Waals surface area (Å²) in [5, 5.41) is 3.99. The molecule has 2 unspecified atom stereocenters. The number of hydrogen-bond donors (Lipinski definition) is 0. The lowest BCUT2D eigenvalue weighted by atomic mass is 10.0. The molecule has 0 radical (unpaired) electrons. The lowest BCUT2D eigenvalue weighted by Gasteiger charge is -2.24. The Labute approximate surface area is 116 Å². The second kappa shape index (κ2) is 4.94. The molecule has 102 valence electrons. The van der Waals surface area contributed by atoms with E-state index in [4.69, 9.17) is 0 Å². The normalized spacial score (nSPS) is 25.8. The van der Waals surface area contributed by atoms with E-state index in [2.05, 4.69) is 28.0 Å². The monoisotopic (exact) mass is 335 g/mol. The van der Waals surface area contributed by atoms with Crippen LogP contribution in [0.3, 0.4) is 0 Å². The fourth-order valence-electron chi connectivity index (χ4n) is 2.58. The van der Waals surface area contributed by atoms with Crippen molar-refractivity contribution in [2.24, 2.45) is 13.0 Å². The molecule has 1 aliphatic heterocycles. The Balaban J connectivity index is 2.41. The zero-order valence-corrected chi connectivity index (χ0v) is 13.2. The summed E-state index contributed by atoms with van der Waals surface area (Å²) in [6.07, 6.45) is 3.18. The molecule has 0 bridgehead atoms. The number of rotatable bonds is 3. The standard InChI is InChI=1S/C11H18BrN3O2S/c1-4-9-8(2)5-6-15(9)18(16,17)10-7-13-14(3)11(10)12/h7-9H,4-6H2,1-3H3. The first kappa shape index (κ1) is 14.0. The van der Waals surface area contributed by atoms with Gasteiger partial charge in [0, 0.05) is 19.6 Å². The van der Waals surface area contributed by atoms with E-state index in [1.54, 1.807) is 11.4 Å². The third kappa shape index (κ3) is 2.12. The van der Waals surface area contributed by atoms with Crippen molar-refractivity contribution in [2.75, 3.05) is 6.54 Å². The summed E-state index contributed by atoms with van der Waals surface area (Å²) in [4.78, 5) is 0.262. The summed E-state index contributed by atoms with van der Waals surface area (Å²) in [5.74, 6) is 0.417. The highest BCUT2D eigenvalue weighted by molar-refractivity contribution is 9.10. The van der Waals surface area contributed by atoms with Gasteiger partial charge in [-0.2, -0.15) is 9.40 Å². The van der Waals surface area contributed by atoms with Crippen LogP contribution in [0, 0.1) is 5.92 Å². The molecular formula is C11H18BrN3O2S. The zero-order chi connectivity index (χ0) is 13.5. The van der Waals surface area contributed by atoms with Gasteiger partial charge in [-0.05, 0) is 34.7 Å². The molecular weight excluding hydrogens is 318 g/mol. The first-order valence-electron chi connectivity index (χ1n) is 6.09. The van der Waals surface area contributed by atoms with Gasteiger partial charge in [0.25, 0.3) is 0 Å². The highest BCUT2D eigenvalue weighted by Crippen LogP contribution is 2.33. The molecule has 1 aromatic heterocycles.